The van der Waals surface area contributed by atoms with E-state index in [1.807, 2.05) is 12.1 Å². The van der Waals surface area contributed by atoms with Crippen LogP contribution in [0.3, 0.4) is 0 Å². The van der Waals surface area contributed by atoms with Gasteiger partial charge in [-0.1, -0.05) is 31.5 Å². The van der Waals surface area contributed by atoms with E-state index in [-0.39, 0.29) is 6.10 Å². The van der Waals surface area contributed by atoms with Gasteiger partial charge in [0.05, 0.1) is 19.3 Å². The predicted molar refractivity (Wildman–Crippen MR) is 72.6 cm³/mol. The topological polar surface area (TPSA) is 36.9 Å². The highest BCUT2D eigenvalue weighted by molar-refractivity contribution is 5.40. The molecular weight excluding hydrogens is 256 g/mol. The van der Waals surface area contributed by atoms with Gasteiger partial charge in [-0.25, -0.2) is 0 Å². The molecule has 2 fully saturated rings. The molecule has 4 rings (SSSR count). The van der Waals surface area contributed by atoms with E-state index < -0.39 is 12.1 Å². The second kappa shape index (κ2) is 4.72. The zero-order valence-electron chi connectivity index (χ0n) is 11.7. The van der Waals surface area contributed by atoms with Crippen LogP contribution in [-0.2, 0) is 14.2 Å². The second-order valence-corrected chi connectivity index (χ2v) is 5.80. The lowest BCUT2D eigenvalue weighted by Crippen LogP contribution is -2.57. The lowest BCUT2D eigenvalue weighted by Gasteiger charge is -2.47. The highest BCUT2D eigenvalue weighted by Crippen LogP contribution is 2.52. The number of rotatable bonds is 4. The van der Waals surface area contributed by atoms with Crippen molar-refractivity contribution in [2.75, 3.05) is 13.2 Å². The van der Waals surface area contributed by atoms with E-state index in [2.05, 4.69) is 19.1 Å². The molecule has 4 heteroatoms. The minimum absolute atomic E-state index is 0.132. The van der Waals surface area contributed by atoms with Crippen molar-refractivity contribution in [2.24, 2.45) is 0 Å². The zero-order chi connectivity index (χ0) is 13.6. The highest BCUT2D eigenvalue weighted by atomic mass is 16.8. The summed E-state index contributed by atoms with van der Waals surface area (Å²) < 4.78 is 24.1. The van der Waals surface area contributed by atoms with Gasteiger partial charge in [0.15, 0.2) is 0 Å². The number of ether oxygens (including phenoxy) is 4. The molecule has 4 atom stereocenters. The van der Waals surface area contributed by atoms with Gasteiger partial charge in [0.2, 0.25) is 6.29 Å². The van der Waals surface area contributed by atoms with Gasteiger partial charge in [-0.15, -0.1) is 0 Å². The number of fused-ring (bicyclic) bond motifs is 8. The molecule has 4 bridgehead atoms. The summed E-state index contributed by atoms with van der Waals surface area (Å²) in [5.74, 6) is 0.464. The molecule has 0 unspecified atom stereocenters. The van der Waals surface area contributed by atoms with E-state index in [9.17, 15) is 0 Å². The van der Waals surface area contributed by atoms with Crippen molar-refractivity contribution in [3.05, 3.63) is 29.8 Å². The van der Waals surface area contributed by atoms with Crippen LogP contribution in [0.5, 0.6) is 5.75 Å². The van der Waals surface area contributed by atoms with Crippen molar-refractivity contribution in [3.8, 4) is 5.75 Å². The van der Waals surface area contributed by atoms with Crippen molar-refractivity contribution in [3.63, 3.8) is 0 Å². The summed E-state index contributed by atoms with van der Waals surface area (Å²) in [6, 6.07) is 8.19. The Kier molecular flexibility index (Phi) is 2.98. The molecule has 20 heavy (non-hydrogen) atoms. The molecule has 1 aromatic carbocycles. The average Bonchev–Trinajstić information content (AvgIpc) is 2.93. The molecular formula is C16H20O4. The zero-order valence-corrected chi connectivity index (χ0v) is 11.7. The van der Waals surface area contributed by atoms with E-state index >= 15 is 0 Å². The summed E-state index contributed by atoms with van der Waals surface area (Å²) in [5.41, 5.74) is 1.22. The largest absolute Gasteiger partial charge is 0.456 e. The molecule has 0 aromatic heterocycles. The molecule has 1 aromatic rings. The van der Waals surface area contributed by atoms with Gasteiger partial charge in [-0.2, -0.15) is 0 Å². The van der Waals surface area contributed by atoms with Crippen molar-refractivity contribution in [1.82, 2.24) is 0 Å². The molecule has 0 spiro atoms. The van der Waals surface area contributed by atoms with Gasteiger partial charge in [0.1, 0.15) is 5.75 Å². The Bertz CT molecular complexity index is 503. The van der Waals surface area contributed by atoms with Gasteiger partial charge in [0.25, 0.3) is 5.79 Å². The van der Waals surface area contributed by atoms with Crippen LogP contribution in [-0.4, -0.2) is 31.4 Å². The quantitative estimate of drug-likeness (QED) is 0.792. The summed E-state index contributed by atoms with van der Waals surface area (Å²) in [6.45, 7) is 3.46. The molecule has 0 N–H and O–H groups in total. The standard InChI is InChI=1S/C16H20O4/c1-2-3-8-18-16-9-12(14-10-17-15(16)19-14)11-6-4-5-7-13(11)20-16/h4-7,12,14-15H,2-3,8-10H2,1H3/t12-,14-,15-,16-/m1/s1. The van der Waals surface area contributed by atoms with Crippen LogP contribution in [0.1, 0.15) is 37.7 Å². The Morgan fingerprint density at radius 3 is 3.15 bits per heavy atom. The molecule has 0 aliphatic carbocycles. The fourth-order valence-electron chi connectivity index (χ4n) is 3.41. The molecule has 3 aliphatic rings. The van der Waals surface area contributed by atoms with E-state index in [4.69, 9.17) is 18.9 Å². The summed E-state index contributed by atoms with van der Waals surface area (Å²) in [6.07, 6.45) is 2.68. The Labute approximate surface area is 119 Å². The Hall–Kier alpha value is -1.10. The van der Waals surface area contributed by atoms with E-state index in [1.54, 1.807) is 0 Å². The van der Waals surface area contributed by atoms with Gasteiger partial charge in [0, 0.05) is 17.9 Å². The van der Waals surface area contributed by atoms with Crippen molar-refractivity contribution in [2.45, 2.75) is 50.3 Å². The van der Waals surface area contributed by atoms with Crippen molar-refractivity contribution >= 4 is 0 Å². The van der Waals surface area contributed by atoms with E-state index in [0.29, 0.717) is 19.1 Å². The fraction of sp³-hybridized carbons (Fsp3) is 0.625. The third kappa shape index (κ3) is 1.79. The van der Waals surface area contributed by atoms with Crippen LogP contribution in [0, 0.1) is 0 Å². The third-order valence-corrected chi connectivity index (χ3v) is 4.47. The predicted octanol–water partition coefficient (Wildman–Crippen LogP) is 2.82. The number of unbranched alkanes of at least 4 members (excludes halogenated alkanes) is 1. The summed E-state index contributed by atoms with van der Waals surface area (Å²) in [5, 5.41) is 0. The first kappa shape index (κ1) is 12.6. The molecule has 0 saturated carbocycles. The molecule has 4 nitrogen and oxygen atoms in total. The SMILES string of the molecule is CCCCO[C@]12C[C@H](c3ccccc3O1)[C@H]1CO[C@@H]2O1. The summed E-state index contributed by atoms with van der Waals surface area (Å²) in [7, 11) is 0. The lowest BCUT2D eigenvalue weighted by atomic mass is 9.82. The molecule has 3 aliphatic heterocycles. The minimum Gasteiger partial charge on any atom is -0.456 e. The first-order valence-electron chi connectivity index (χ1n) is 7.51. The fourth-order valence-corrected chi connectivity index (χ4v) is 3.41. The molecule has 3 heterocycles. The highest BCUT2D eigenvalue weighted by Gasteiger charge is 2.59. The third-order valence-electron chi connectivity index (χ3n) is 4.47. The number of hydrogen-bond donors (Lipinski definition) is 0. The molecule has 2 saturated heterocycles. The van der Waals surface area contributed by atoms with Crippen LogP contribution in [0.2, 0.25) is 0 Å². The average molecular weight is 276 g/mol. The van der Waals surface area contributed by atoms with Gasteiger partial charge in [-0.05, 0) is 12.5 Å². The van der Waals surface area contributed by atoms with Crippen molar-refractivity contribution < 1.29 is 18.9 Å². The molecule has 108 valence electrons. The monoisotopic (exact) mass is 276 g/mol. The lowest BCUT2D eigenvalue weighted by molar-refractivity contribution is -0.324. The number of benzene rings is 1. The minimum atomic E-state index is -0.763. The first-order chi connectivity index (χ1) is 9.82. The van der Waals surface area contributed by atoms with E-state index in [1.165, 1.54) is 5.56 Å². The van der Waals surface area contributed by atoms with Crippen LogP contribution < -0.4 is 4.74 Å². The summed E-state index contributed by atoms with van der Waals surface area (Å²) in [4.78, 5) is 0. The Morgan fingerprint density at radius 2 is 2.25 bits per heavy atom. The Morgan fingerprint density at radius 1 is 1.35 bits per heavy atom. The maximum atomic E-state index is 6.19. The van der Waals surface area contributed by atoms with Crippen LogP contribution >= 0.6 is 0 Å². The smallest absolute Gasteiger partial charge is 0.262 e. The van der Waals surface area contributed by atoms with E-state index in [0.717, 1.165) is 25.0 Å². The summed E-state index contributed by atoms with van der Waals surface area (Å²) >= 11 is 0. The van der Waals surface area contributed by atoms with Gasteiger partial charge in [-0.3, -0.25) is 0 Å². The van der Waals surface area contributed by atoms with Gasteiger partial charge < -0.3 is 18.9 Å². The Balaban J connectivity index is 1.69. The maximum Gasteiger partial charge on any atom is 0.262 e. The van der Waals surface area contributed by atoms with Crippen molar-refractivity contribution in [1.29, 1.82) is 0 Å². The van der Waals surface area contributed by atoms with Crippen LogP contribution in [0.25, 0.3) is 0 Å². The van der Waals surface area contributed by atoms with Crippen LogP contribution in [0.15, 0.2) is 24.3 Å². The number of para-hydroxylation sites is 1. The second-order valence-electron chi connectivity index (χ2n) is 5.80. The first-order valence-corrected chi connectivity index (χ1v) is 7.51. The van der Waals surface area contributed by atoms with Gasteiger partial charge >= 0.3 is 0 Å². The molecule has 0 radical (unpaired) electrons. The van der Waals surface area contributed by atoms with Crippen LogP contribution in [0.4, 0.5) is 0 Å². The number of hydrogen-bond acceptors (Lipinski definition) is 4. The normalized spacial score (nSPS) is 37.4. The maximum absolute atomic E-state index is 6.19. The molecule has 0 amide bonds.